The number of para-hydroxylation sites is 12. The fourth-order valence-corrected chi connectivity index (χ4v) is 9.21. The van der Waals surface area contributed by atoms with Crippen LogP contribution in [0.2, 0.25) is 0 Å². The highest BCUT2D eigenvalue weighted by Crippen LogP contribution is 2.31. The summed E-state index contributed by atoms with van der Waals surface area (Å²) < 4.78 is 0. The Bertz CT molecular complexity index is 4640. The molecule has 0 spiro atoms. The zero-order valence-corrected chi connectivity index (χ0v) is 43.0. The molecule has 0 bridgehead atoms. The summed E-state index contributed by atoms with van der Waals surface area (Å²) in [6.45, 7) is 16.0. The highest BCUT2D eigenvalue weighted by Gasteiger charge is 2.34. The lowest BCUT2D eigenvalue weighted by Crippen LogP contribution is -2.19. The molecule has 3 N–H and O–H groups in total. The monoisotopic (exact) mass is 1090 g/mol. The predicted molar refractivity (Wildman–Crippen MR) is 296 cm³/mol. The summed E-state index contributed by atoms with van der Waals surface area (Å²) in [4.78, 5) is 84.7. The zero-order chi connectivity index (χ0) is 57.3. The van der Waals surface area contributed by atoms with E-state index in [0.29, 0.717) is 66.2 Å². The second-order valence-corrected chi connectivity index (χ2v) is 18.3. The van der Waals surface area contributed by atoms with E-state index in [2.05, 4.69) is 124 Å². The van der Waals surface area contributed by atoms with Crippen molar-refractivity contribution in [2.24, 2.45) is 30.0 Å². The molecule has 14 rings (SSSR count). The van der Waals surface area contributed by atoms with Gasteiger partial charge in [-0.05, 0) is 72.8 Å². The molecule has 5 aromatic heterocycles. The quantitative estimate of drug-likeness (QED) is 0.119. The minimum absolute atomic E-state index is 0.0526. The van der Waals surface area contributed by atoms with E-state index in [9.17, 15) is 21.0 Å². The largest absolute Gasteiger partial charge is 0.340 e. The molecule has 0 fully saturated rings. The lowest BCUT2D eigenvalue weighted by molar-refractivity contribution is 0.702. The van der Waals surface area contributed by atoms with E-state index in [1.54, 1.807) is 36.4 Å². The van der Waals surface area contributed by atoms with Gasteiger partial charge in [-0.3, -0.25) is 4.85 Å². The number of aromatic nitrogens is 12. The van der Waals surface area contributed by atoms with E-state index in [0.717, 1.165) is 16.6 Å². The molecule has 0 saturated heterocycles. The van der Waals surface area contributed by atoms with Gasteiger partial charge in [0, 0.05) is 0 Å². The topological polar surface area (TPSA) is 341 Å². The number of nitrogens with zero attached hydrogens (tertiary/aromatic N) is 21. The molecule has 24 heteroatoms. The number of hydrogen-bond donors (Lipinski definition) is 3. The summed E-state index contributed by atoms with van der Waals surface area (Å²) in [5.74, 6) is -1.01. The molecule has 3 aliphatic heterocycles. The highest BCUT2D eigenvalue weighted by atomic mass is 15.1. The molecular weight excluding hydrogens is 1060 g/mol. The third-order valence-corrected chi connectivity index (χ3v) is 13.2. The van der Waals surface area contributed by atoms with E-state index in [-0.39, 0.29) is 69.3 Å². The number of benzene rings is 6. The molecule has 11 aromatic rings. The predicted octanol–water partition coefficient (Wildman–Crippen LogP) is 5.48. The Hall–Kier alpha value is -13.3. The van der Waals surface area contributed by atoms with Crippen molar-refractivity contribution in [2.45, 2.75) is 17.9 Å². The van der Waals surface area contributed by atoms with Gasteiger partial charge in [-0.1, -0.05) is 72.8 Å². The highest BCUT2D eigenvalue weighted by molar-refractivity contribution is 5.81. The van der Waals surface area contributed by atoms with Crippen LogP contribution in [0.1, 0.15) is 70.3 Å². The van der Waals surface area contributed by atoms with Gasteiger partial charge in [-0.15, -0.1) is 0 Å². The molecule has 0 radical (unpaired) electrons. The molecule has 0 saturated carbocycles. The summed E-state index contributed by atoms with van der Waals surface area (Å²) in [5.41, 5.74) is 4.07. The minimum Gasteiger partial charge on any atom is -0.340 e. The zero-order valence-electron chi connectivity index (χ0n) is 43.0. The number of H-pyrrole nitrogens is 3. The Morgan fingerprint density at radius 1 is 0.381 bits per heavy atom. The molecule has 0 aliphatic carbocycles. The maximum absolute atomic E-state index is 10.3. The minimum atomic E-state index is -1.05. The Kier molecular flexibility index (Phi) is 12.7. The van der Waals surface area contributed by atoms with Crippen LogP contribution in [0.4, 0.5) is 0 Å². The van der Waals surface area contributed by atoms with E-state index < -0.39 is 17.9 Å². The van der Waals surface area contributed by atoms with Gasteiger partial charge < -0.3 is 15.0 Å². The molecule has 6 aromatic carbocycles. The molecule has 24 nitrogen and oxygen atoms in total. The third-order valence-electron chi connectivity index (χ3n) is 13.2. The van der Waals surface area contributed by atoms with Crippen molar-refractivity contribution in [3.8, 4) is 24.3 Å². The SMILES string of the molecule is [C-]#[N+]C(=C1N=c2ccccc2=N1)c1nc(C(C#N)=C2N=c3ccccc3=N2)nc(C(C#N)=C2N=c3ccccc3=N2)n1.[C-]#[N+]C(c1nc(C(C#N)c2nc3ccccc3[nH]2)nc(C(C#N)c2nc3ccccc3[nH]2)n1)c1nc2ccccc2[nH]1. The third kappa shape index (κ3) is 9.23. The van der Waals surface area contributed by atoms with Crippen molar-refractivity contribution in [1.82, 2.24) is 59.8 Å². The number of hydrogen-bond acceptors (Lipinski definition) is 19. The van der Waals surface area contributed by atoms with Crippen LogP contribution in [0.15, 0.2) is 193 Å². The number of nitriles is 4. The van der Waals surface area contributed by atoms with Crippen LogP contribution in [-0.4, -0.2) is 59.8 Å². The van der Waals surface area contributed by atoms with Crippen molar-refractivity contribution >= 4 is 49.9 Å². The summed E-state index contributed by atoms with van der Waals surface area (Å²) in [6.07, 6.45) is 0. The summed E-state index contributed by atoms with van der Waals surface area (Å²) in [5, 5.41) is 44.5. The second kappa shape index (κ2) is 21.2. The molecule has 3 aliphatic rings. The maximum atomic E-state index is 10.3. The van der Waals surface area contributed by atoms with Gasteiger partial charge in [0.2, 0.25) is 5.82 Å². The van der Waals surface area contributed by atoms with Crippen molar-refractivity contribution in [3.05, 3.63) is 270 Å². The molecule has 0 amide bonds. The van der Waals surface area contributed by atoms with Crippen molar-refractivity contribution in [2.75, 3.05) is 0 Å². The molecule has 84 heavy (non-hydrogen) atoms. The number of imidazole rings is 3. The summed E-state index contributed by atoms with van der Waals surface area (Å²) in [6, 6.07) is 51.3. The molecule has 390 valence electrons. The number of aromatic amines is 3. The first-order chi connectivity index (χ1) is 41.3. The molecule has 8 heterocycles. The number of fused-ring (bicyclic) bond motifs is 6. The van der Waals surface area contributed by atoms with Crippen molar-refractivity contribution < 1.29 is 0 Å². The average Bonchev–Trinajstić information content (AvgIpc) is 3.68. The lowest BCUT2D eigenvalue weighted by atomic mass is 10.1. The first kappa shape index (κ1) is 50.2. The van der Waals surface area contributed by atoms with Crippen molar-refractivity contribution in [3.63, 3.8) is 0 Å². The van der Waals surface area contributed by atoms with E-state index in [1.165, 1.54) is 0 Å². The van der Waals surface area contributed by atoms with Crippen LogP contribution in [-0.2, 0) is 0 Å². The van der Waals surface area contributed by atoms with Gasteiger partial charge in [0.05, 0.1) is 84.0 Å². The van der Waals surface area contributed by atoms with Crippen LogP contribution in [0.5, 0.6) is 0 Å². The fraction of sp³-hybridized carbons (Fsp3) is 0.0500. The van der Waals surface area contributed by atoms with E-state index in [1.807, 2.05) is 109 Å². The van der Waals surface area contributed by atoms with Gasteiger partial charge in [0.25, 0.3) is 5.70 Å². The lowest BCUT2D eigenvalue weighted by Gasteiger charge is -2.12. The Morgan fingerprint density at radius 3 is 1.07 bits per heavy atom. The summed E-state index contributed by atoms with van der Waals surface area (Å²) in [7, 11) is 0. The van der Waals surface area contributed by atoms with Crippen LogP contribution in [0.3, 0.4) is 0 Å². The second-order valence-electron chi connectivity index (χ2n) is 18.3. The van der Waals surface area contributed by atoms with Crippen molar-refractivity contribution in [1.29, 1.82) is 21.0 Å². The fourth-order valence-electron chi connectivity index (χ4n) is 9.21. The van der Waals surface area contributed by atoms with Crippen LogP contribution in [0.25, 0.3) is 59.6 Å². The van der Waals surface area contributed by atoms with Gasteiger partial charge in [-0.25, -0.2) is 86.2 Å². The molecule has 3 unspecified atom stereocenters. The Morgan fingerprint density at radius 2 is 0.714 bits per heavy atom. The number of rotatable bonds is 9. The van der Waals surface area contributed by atoms with Gasteiger partial charge >= 0.3 is 6.04 Å². The van der Waals surface area contributed by atoms with Gasteiger partial charge in [0.15, 0.2) is 64.2 Å². The molecular formula is C60H30N24. The normalized spacial score (nSPS) is 13.3. The summed E-state index contributed by atoms with van der Waals surface area (Å²) >= 11 is 0. The van der Waals surface area contributed by atoms with Gasteiger partial charge in [-0.2, -0.15) is 21.0 Å². The van der Waals surface area contributed by atoms with Gasteiger partial charge in [0.1, 0.15) is 34.9 Å². The number of allylic oxidation sites excluding steroid dienone is 2. The van der Waals surface area contributed by atoms with Crippen LogP contribution in [0, 0.1) is 58.5 Å². The Labute approximate surface area is 471 Å². The Balaban J connectivity index is 0.000000157. The van der Waals surface area contributed by atoms with Crippen LogP contribution < -0.4 is 32.1 Å². The first-order valence-corrected chi connectivity index (χ1v) is 25.3. The average molecular weight is 1090 g/mol. The first-order valence-electron chi connectivity index (χ1n) is 25.3. The number of nitrogens with one attached hydrogen (secondary N) is 3. The van der Waals surface area contributed by atoms with E-state index in [4.69, 9.17) is 13.1 Å². The smallest absolute Gasteiger partial charge is 0.338 e. The maximum Gasteiger partial charge on any atom is 0.338 e. The van der Waals surface area contributed by atoms with Crippen LogP contribution >= 0.6 is 0 Å². The standard InChI is InChI=1S/C30H18N12.C30H12N12/c2*1-33-24(29-38-22-12-6-7-13-23(22)39-29)30-41-27(16(14-31)25-34-18-8-2-3-9-19(18)35-25)40-28(42-30)17(15-32)26-36-20-10-4-5-11-21(20)37-26/h2-13,16-17,24H,(H,34,35)(H,36,37)(H,38,39);2-13H. The van der Waals surface area contributed by atoms with E-state index >= 15 is 0 Å². The molecule has 3 atom stereocenters.